The molecule has 1 aromatic carbocycles. The highest BCUT2D eigenvalue weighted by Gasteiger charge is 2.71. The van der Waals surface area contributed by atoms with Gasteiger partial charge in [-0.2, -0.15) is 8.78 Å². The van der Waals surface area contributed by atoms with E-state index in [-0.39, 0.29) is 30.0 Å². The van der Waals surface area contributed by atoms with Gasteiger partial charge in [-0.1, -0.05) is 24.6 Å². The fourth-order valence-corrected chi connectivity index (χ4v) is 7.99. The molecular formula is C32H39F2NO3. The number of ether oxygens (including phenoxy) is 1. The highest BCUT2D eigenvalue weighted by molar-refractivity contribution is 5.93. The zero-order valence-electron chi connectivity index (χ0n) is 22.7. The molecule has 0 radical (unpaired) electrons. The lowest BCUT2D eigenvalue weighted by atomic mass is 9.50. The number of rotatable bonds is 7. The predicted molar refractivity (Wildman–Crippen MR) is 144 cm³/mol. The Kier molecular flexibility index (Phi) is 7.07. The van der Waals surface area contributed by atoms with Gasteiger partial charge in [0.1, 0.15) is 11.4 Å². The largest absolute Gasteiger partial charge is 0.494 e. The van der Waals surface area contributed by atoms with Crippen LogP contribution in [0.5, 0.6) is 5.75 Å². The lowest BCUT2D eigenvalue weighted by Crippen LogP contribution is -2.60. The first-order valence-electron chi connectivity index (χ1n) is 13.9. The van der Waals surface area contributed by atoms with E-state index < -0.39 is 16.9 Å². The van der Waals surface area contributed by atoms with E-state index in [2.05, 4.69) is 4.90 Å². The molecule has 2 unspecified atom stereocenters. The highest BCUT2D eigenvalue weighted by atomic mass is 19.3. The van der Waals surface area contributed by atoms with E-state index >= 15 is 8.78 Å². The molecule has 0 aliphatic heterocycles. The van der Waals surface area contributed by atoms with Crippen LogP contribution >= 0.6 is 0 Å². The summed E-state index contributed by atoms with van der Waals surface area (Å²) in [7, 11) is 4.06. The Labute approximate surface area is 225 Å². The van der Waals surface area contributed by atoms with Gasteiger partial charge >= 0.3 is 5.92 Å². The van der Waals surface area contributed by atoms with Gasteiger partial charge < -0.3 is 14.7 Å². The summed E-state index contributed by atoms with van der Waals surface area (Å²) >= 11 is 0. The van der Waals surface area contributed by atoms with Crippen LogP contribution in [0.3, 0.4) is 0 Å². The van der Waals surface area contributed by atoms with Crippen LogP contribution in [0, 0.1) is 29.6 Å². The number of carbonyl (C=O) groups is 1. The van der Waals surface area contributed by atoms with Crippen LogP contribution in [0.4, 0.5) is 8.78 Å². The van der Waals surface area contributed by atoms with Gasteiger partial charge in [-0.05, 0) is 112 Å². The Balaban J connectivity index is 1.58. The minimum absolute atomic E-state index is 0.00654. The van der Waals surface area contributed by atoms with Crippen molar-refractivity contribution in [3.63, 3.8) is 0 Å². The van der Waals surface area contributed by atoms with E-state index in [1.54, 1.807) is 12.0 Å². The fraction of sp³-hybridized carbons (Fsp3) is 0.594. The van der Waals surface area contributed by atoms with Crippen molar-refractivity contribution in [2.75, 3.05) is 27.2 Å². The summed E-state index contributed by atoms with van der Waals surface area (Å²) in [4.78, 5) is 14.4. The van der Waals surface area contributed by atoms with Crippen LogP contribution in [0.15, 0.2) is 47.1 Å². The van der Waals surface area contributed by atoms with Crippen molar-refractivity contribution in [2.45, 2.75) is 75.7 Å². The van der Waals surface area contributed by atoms with Gasteiger partial charge in [0.15, 0.2) is 5.78 Å². The van der Waals surface area contributed by atoms with Crippen molar-refractivity contribution in [3.05, 3.63) is 52.6 Å². The van der Waals surface area contributed by atoms with E-state index in [4.69, 9.17) is 11.2 Å². The predicted octanol–water partition coefficient (Wildman–Crippen LogP) is 5.92. The Morgan fingerprint density at radius 3 is 2.76 bits per heavy atom. The molecule has 204 valence electrons. The minimum atomic E-state index is -3.61. The average Bonchev–Trinajstić information content (AvgIpc) is 3.17. The van der Waals surface area contributed by atoms with Crippen molar-refractivity contribution in [1.29, 1.82) is 0 Å². The molecule has 2 fully saturated rings. The molecule has 0 bridgehead atoms. The number of halogens is 2. The van der Waals surface area contributed by atoms with Crippen LogP contribution in [-0.2, 0) is 4.79 Å². The van der Waals surface area contributed by atoms with Gasteiger partial charge in [-0.15, -0.1) is 6.42 Å². The molecule has 4 aliphatic rings. The second kappa shape index (κ2) is 9.92. The highest BCUT2D eigenvalue weighted by Crippen LogP contribution is 2.69. The molecule has 4 aliphatic carbocycles. The molecule has 4 nitrogen and oxygen atoms in total. The maximum Gasteiger partial charge on any atom is 0.336 e. The third kappa shape index (κ3) is 4.32. The molecule has 0 saturated heterocycles. The van der Waals surface area contributed by atoms with E-state index in [0.29, 0.717) is 32.3 Å². The number of ketones is 1. The molecule has 0 spiro atoms. The lowest BCUT2D eigenvalue weighted by Gasteiger charge is -2.55. The van der Waals surface area contributed by atoms with Gasteiger partial charge in [0, 0.05) is 24.3 Å². The summed E-state index contributed by atoms with van der Waals surface area (Å²) in [5, 5.41) is 11.6. The van der Waals surface area contributed by atoms with Gasteiger partial charge in [0.05, 0.1) is 6.61 Å². The molecule has 5 atom stereocenters. The van der Waals surface area contributed by atoms with Crippen LogP contribution in [0.25, 0.3) is 0 Å². The van der Waals surface area contributed by atoms with Crippen LogP contribution in [0.2, 0.25) is 0 Å². The maximum atomic E-state index is 15.2. The first-order chi connectivity index (χ1) is 18.0. The van der Waals surface area contributed by atoms with E-state index in [1.165, 1.54) is 11.1 Å². The summed E-state index contributed by atoms with van der Waals surface area (Å²) < 4.78 is 36.6. The Morgan fingerprint density at radius 2 is 2.03 bits per heavy atom. The number of hydrogen-bond acceptors (Lipinski definition) is 4. The topological polar surface area (TPSA) is 49.8 Å². The first-order valence-corrected chi connectivity index (χ1v) is 13.9. The number of allylic oxidation sites excluding steroid dienone is 4. The van der Waals surface area contributed by atoms with Gasteiger partial charge in [0.2, 0.25) is 0 Å². The normalized spacial score (nSPS) is 32.8. The molecule has 5 rings (SSSR count). The number of carbonyl (C=O) groups excluding carboxylic acids is 1. The maximum absolute atomic E-state index is 15.2. The molecule has 38 heavy (non-hydrogen) atoms. The number of alkyl halides is 2. The van der Waals surface area contributed by atoms with Gasteiger partial charge in [0.25, 0.3) is 0 Å². The standard InChI is InChI=1S/C32H39F2NO3/c1-5-32(33,34)31(37)15-14-28-26-12-10-22-18-23(36)11-13-25(22)29(26)27(20-30(28,31)2)21-8-6-9-24(19-21)38-17-7-16-35(3)4/h1,6,8-9,18-19,26-28,37H,7,10-17,20H2,2-4H3/t26?,27-,28?,30+,31+/m1/s1. The van der Waals surface area contributed by atoms with Crippen molar-refractivity contribution >= 4 is 5.78 Å². The van der Waals surface area contributed by atoms with Gasteiger partial charge in [-0.25, -0.2) is 0 Å². The van der Waals surface area contributed by atoms with E-state index in [9.17, 15) is 9.90 Å². The van der Waals surface area contributed by atoms with Crippen LogP contribution < -0.4 is 4.74 Å². The third-order valence-corrected chi connectivity index (χ3v) is 9.87. The molecular weight excluding hydrogens is 484 g/mol. The molecule has 0 aromatic heterocycles. The van der Waals surface area contributed by atoms with Crippen LogP contribution in [-0.4, -0.2) is 54.6 Å². The van der Waals surface area contributed by atoms with Crippen molar-refractivity contribution in [2.24, 2.45) is 17.3 Å². The third-order valence-electron chi connectivity index (χ3n) is 9.87. The fourth-order valence-electron chi connectivity index (χ4n) is 7.99. The average molecular weight is 524 g/mol. The Hall–Kier alpha value is -2.49. The minimum Gasteiger partial charge on any atom is -0.494 e. The van der Waals surface area contributed by atoms with Gasteiger partial charge in [-0.3, -0.25) is 4.79 Å². The summed E-state index contributed by atoms with van der Waals surface area (Å²) in [6.07, 6.45) is 11.6. The number of terminal acetylenes is 1. The summed E-state index contributed by atoms with van der Waals surface area (Å²) in [6, 6.07) is 7.98. The summed E-state index contributed by atoms with van der Waals surface area (Å²) in [5.74, 6) is -1.22. The van der Waals surface area contributed by atoms with E-state index in [1.807, 2.05) is 45.3 Å². The monoisotopic (exact) mass is 523 g/mol. The van der Waals surface area contributed by atoms with Crippen molar-refractivity contribution in [3.8, 4) is 18.1 Å². The smallest absolute Gasteiger partial charge is 0.336 e. The quantitative estimate of drug-likeness (QED) is 0.356. The van der Waals surface area contributed by atoms with E-state index in [0.717, 1.165) is 42.7 Å². The first kappa shape index (κ1) is 27.1. The number of fused-ring (bicyclic) bond motifs is 4. The van der Waals surface area contributed by atoms with Crippen molar-refractivity contribution < 1.29 is 23.4 Å². The molecule has 2 saturated carbocycles. The van der Waals surface area contributed by atoms with Crippen LogP contribution in [0.1, 0.15) is 69.8 Å². The summed E-state index contributed by atoms with van der Waals surface area (Å²) in [5.41, 5.74) is 1.35. The molecule has 0 heterocycles. The molecule has 1 aromatic rings. The number of nitrogens with zero attached hydrogens (tertiary/aromatic N) is 1. The summed E-state index contributed by atoms with van der Waals surface area (Å²) in [6.45, 7) is 3.35. The second-order valence-corrected chi connectivity index (χ2v) is 12.2. The second-order valence-electron chi connectivity index (χ2n) is 12.2. The van der Waals surface area contributed by atoms with Crippen molar-refractivity contribution in [1.82, 2.24) is 4.90 Å². The lowest BCUT2D eigenvalue weighted by molar-refractivity contribution is -0.209. The molecule has 1 N–H and O–H groups in total. The number of aliphatic hydroxyl groups is 1. The SMILES string of the molecule is C#CC(F)(F)[C@]1(O)CCC2C3CCC4=CC(=O)CCC4=C3[C@@H](c3cccc(OCCCN(C)C)c3)C[C@@]21C. The number of benzene rings is 1. The Morgan fingerprint density at radius 1 is 1.24 bits per heavy atom. The molecule has 0 amide bonds. The zero-order chi connectivity index (χ0) is 27.3. The number of hydrogen-bond donors (Lipinski definition) is 1. The zero-order valence-corrected chi connectivity index (χ0v) is 22.7. The molecule has 6 heteroatoms. The Bertz CT molecular complexity index is 1210.